The zero-order valence-electron chi connectivity index (χ0n) is 10.3. The van der Waals surface area contributed by atoms with Crippen LogP contribution in [0.5, 0.6) is 0 Å². The predicted octanol–water partition coefficient (Wildman–Crippen LogP) is 1.82. The van der Waals surface area contributed by atoms with Crippen LogP contribution in [0.4, 0.5) is 0 Å². The lowest BCUT2D eigenvalue weighted by Crippen LogP contribution is -2.41. The number of rotatable bonds is 3. The number of amides is 1. The van der Waals surface area contributed by atoms with E-state index in [0.717, 1.165) is 0 Å². The van der Waals surface area contributed by atoms with E-state index >= 15 is 0 Å². The molecule has 2 rings (SSSR count). The standard InChI is InChI=1S/C13H24N2O/c1-14-12(16)10-15-11-4-8-13(9-5-11)6-2-3-7-13/h11,15H,2-10H2,1H3,(H,14,16). The zero-order valence-corrected chi connectivity index (χ0v) is 10.3. The second-order valence-corrected chi connectivity index (χ2v) is 5.54. The second kappa shape index (κ2) is 5.17. The van der Waals surface area contributed by atoms with E-state index in [1.807, 2.05) is 0 Å². The van der Waals surface area contributed by atoms with E-state index in [1.54, 1.807) is 7.05 Å². The summed E-state index contributed by atoms with van der Waals surface area (Å²) in [5, 5.41) is 6.02. The summed E-state index contributed by atoms with van der Waals surface area (Å²) in [5.41, 5.74) is 0.700. The molecule has 0 heterocycles. The summed E-state index contributed by atoms with van der Waals surface area (Å²) in [6.45, 7) is 0.480. The average Bonchev–Trinajstić information content (AvgIpc) is 2.77. The highest BCUT2D eigenvalue weighted by Gasteiger charge is 2.37. The van der Waals surface area contributed by atoms with Gasteiger partial charge in [0.05, 0.1) is 6.54 Å². The molecule has 2 fully saturated rings. The highest BCUT2D eigenvalue weighted by atomic mass is 16.1. The smallest absolute Gasteiger partial charge is 0.233 e. The van der Waals surface area contributed by atoms with Crippen LogP contribution in [0.1, 0.15) is 51.4 Å². The molecule has 1 amide bonds. The van der Waals surface area contributed by atoms with E-state index < -0.39 is 0 Å². The van der Waals surface area contributed by atoms with E-state index in [9.17, 15) is 4.79 Å². The van der Waals surface area contributed by atoms with Crippen LogP contribution in [-0.2, 0) is 4.79 Å². The maximum Gasteiger partial charge on any atom is 0.233 e. The van der Waals surface area contributed by atoms with Gasteiger partial charge >= 0.3 is 0 Å². The van der Waals surface area contributed by atoms with Gasteiger partial charge in [-0.05, 0) is 43.9 Å². The minimum Gasteiger partial charge on any atom is -0.358 e. The molecule has 1 spiro atoms. The first-order valence-electron chi connectivity index (χ1n) is 6.68. The van der Waals surface area contributed by atoms with Gasteiger partial charge in [-0.2, -0.15) is 0 Å². The summed E-state index contributed by atoms with van der Waals surface area (Å²) in [7, 11) is 1.69. The lowest BCUT2D eigenvalue weighted by atomic mass is 9.71. The number of likely N-dealkylation sites (N-methyl/N-ethyl adjacent to an activating group) is 1. The van der Waals surface area contributed by atoms with Crippen molar-refractivity contribution in [2.75, 3.05) is 13.6 Å². The molecule has 92 valence electrons. The van der Waals surface area contributed by atoms with Crippen LogP contribution in [0.3, 0.4) is 0 Å². The fraction of sp³-hybridized carbons (Fsp3) is 0.923. The number of carbonyl (C=O) groups excluding carboxylic acids is 1. The molecule has 0 aromatic rings. The summed E-state index contributed by atoms with van der Waals surface area (Å²) in [4.78, 5) is 11.1. The van der Waals surface area contributed by atoms with Gasteiger partial charge in [0.2, 0.25) is 5.91 Å². The maximum absolute atomic E-state index is 11.1. The normalized spacial score (nSPS) is 24.8. The predicted molar refractivity (Wildman–Crippen MR) is 65.2 cm³/mol. The summed E-state index contributed by atoms with van der Waals surface area (Å²) in [5.74, 6) is 0.0983. The second-order valence-electron chi connectivity index (χ2n) is 5.54. The zero-order chi connectivity index (χ0) is 11.4. The number of nitrogens with one attached hydrogen (secondary N) is 2. The Bertz CT molecular complexity index is 236. The molecule has 0 atom stereocenters. The first-order valence-corrected chi connectivity index (χ1v) is 6.68. The average molecular weight is 224 g/mol. The molecule has 16 heavy (non-hydrogen) atoms. The molecule has 0 saturated heterocycles. The van der Waals surface area contributed by atoms with Crippen LogP contribution in [0.15, 0.2) is 0 Å². The highest BCUT2D eigenvalue weighted by molar-refractivity contribution is 5.77. The lowest BCUT2D eigenvalue weighted by molar-refractivity contribution is -0.119. The Balaban J connectivity index is 1.70. The van der Waals surface area contributed by atoms with Gasteiger partial charge in [0.15, 0.2) is 0 Å². The number of hydrogen-bond acceptors (Lipinski definition) is 2. The van der Waals surface area contributed by atoms with Gasteiger partial charge < -0.3 is 10.6 Å². The van der Waals surface area contributed by atoms with Crippen molar-refractivity contribution in [2.24, 2.45) is 5.41 Å². The molecule has 0 aromatic carbocycles. The largest absolute Gasteiger partial charge is 0.358 e. The first-order chi connectivity index (χ1) is 7.74. The van der Waals surface area contributed by atoms with E-state index in [0.29, 0.717) is 18.0 Å². The van der Waals surface area contributed by atoms with Crippen LogP contribution >= 0.6 is 0 Å². The van der Waals surface area contributed by atoms with Crippen molar-refractivity contribution in [2.45, 2.75) is 57.4 Å². The van der Waals surface area contributed by atoms with Gasteiger partial charge in [-0.3, -0.25) is 4.79 Å². The van der Waals surface area contributed by atoms with Crippen LogP contribution in [0.2, 0.25) is 0 Å². The Hall–Kier alpha value is -0.570. The third-order valence-corrected chi connectivity index (χ3v) is 4.54. The minimum atomic E-state index is 0.0983. The third kappa shape index (κ3) is 2.76. The van der Waals surface area contributed by atoms with Crippen LogP contribution < -0.4 is 10.6 Å². The van der Waals surface area contributed by atoms with Gasteiger partial charge in [0.1, 0.15) is 0 Å². The van der Waals surface area contributed by atoms with Crippen molar-refractivity contribution in [1.29, 1.82) is 0 Å². The van der Waals surface area contributed by atoms with Crippen molar-refractivity contribution in [3.8, 4) is 0 Å². The van der Waals surface area contributed by atoms with Crippen LogP contribution in [0, 0.1) is 5.41 Å². The van der Waals surface area contributed by atoms with Crippen molar-refractivity contribution >= 4 is 5.91 Å². The van der Waals surface area contributed by atoms with Gasteiger partial charge in [-0.25, -0.2) is 0 Å². The molecule has 0 aromatic heterocycles. The van der Waals surface area contributed by atoms with E-state index in [2.05, 4.69) is 10.6 Å². The van der Waals surface area contributed by atoms with Crippen LogP contribution in [0.25, 0.3) is 0 Å². The van der Waals surface area contributed by atoms with E-state index in [4.69, 9.17) is 0 Å². The lowest BCUT2D eigenvalue weighted by Gasteiger charge is -2.37. The summed E-state index contributed by atoms with van der Waals surface area (Å²) in [6, 6.07) is 0.573. The molecule has 3 nitrogen and oxygen atoms in total. The van der Waals surface area contributed by atoms with Gasteiger partial charge in [-0.15, -0.1) is 0 Å². The summed E-state index contributed by atoms with van der Waals surface area (Å²) < 4.78 is 0. The minimum absolute atomic E-state index is 0.0983. The Morgan fingerprint density at radius 2 is 1.81 bits per heavy atom. The molecule has 2 N–H and O–H groups in total. The monoisotopic (exact) mass is 224 g/mol. The van der Waals surface area contributed by atoms with Gasteiger partial charge in [-0.1, -0.05) is 12.8 Å². The Morgan fingerprint density at radius 3 is 2.38 bits per heavy atom. The molecule has 2 aliphatic rings. The molecule has 0 bridgehead atoms. The fourth-order valence-corrected chi connectivity index (χ4v) is 3.38. The molecule has 3 heteroatoms. The van der Waals surface area contributed by atoms with E-state index in [-0.39, 0.29) is 5.91 Å². The maximum atomic E-state index is 11.1. The Morgan fingerprint density at radius 1 is 1.19 bits per heavy atom. The van der Waals surface area contributed by atoms with Gasteiger partial charge in [0, 0.05) is 13.1 Å². The molecule has 2 aliphatic carbocycles. The molecule has 2 saturated carbocycles. The Kier molecular flexibility index (Phi) is 3.85. The van der Waals surface area contributed by atoms with Crippen molar-refractivity contribution in [3.05, 3.63) is 0 Å². The number of carbonyl (C=O) groups is 1. The van der Waals surface area contributed by atoms with Crippen molar-refractivity contribution in [3.63, 3.8) is 0 Å². The summed E-state index contributed by atoms with van der Waals surface area (Å²) in [6.07, 6.45) is 11.1. The quantitative estimate of drug-likeness (QED) is 0.768. The third-order valence-electron chi connectivity index (χ3n) is 4.54. The van der Waals surface area contributed by atoms with Crippen molar-refractivity contribution < 1.29 is 4.79 Å². The highest BCUT2D eigenvalue weighted by Crippen LogP contribution is 2.48. The molecule has 0 radical (unpaired) electrons. The van der Waals surface area contributed by atoms with Gasteiger partial charge in [0.25, 0.3) is 0 Å². The molecular weight excluding hydrogens is 200 g/mol. The van der Waals surface area contributed by atoms with E-state index in [1.165, 1.54) is 51.4 Å². The SMILES string of the molecule is CNC(=O)CNC1CCC2(CCCC2)CC1. The topological polar surface area (TPSA) is 41.1 Å². The Labute approximate surface area is 98.4 Å². The first kappa shape index (κ1) is 11.9. The molecular formula is C13H24N2O. The molecule has 0 unspecified atom stereocenters. The van der Waals surface area contributed by atoms with Crippen molar-refractivity contribution in [1.82, 2.24) is 10.6 Å². The molecule has 0 aliphatic heterocycles. The van der Waals surface area contributed by atoms with Crippen LogP contribution in [-0.4, -0.2) is 25.5 Å². The summed E-state index contributed by atoms with van der Waals surface area (Å²) >= 11 is 0. The number of hydrogen-bond donors (Lipinski definition) is 2. The fourth-order valence-electron chi connectivity index (χ4n) is 3.38.